The number of rotatable bonds is 0. The number of halogens is 1. The predicted molar refractivity (Wildman–Crippen MR) is 37.6 cm³/mol. The Hall–Kier alpha value is 0.890. The van der Waals surface area contributed by atoms with E-state index in [1.165, 1.54) is 0 Å². The second-order valence-corrected chi connectivity index (χ2v) is 0.519. The van der Waals surface area contributed by atoms with Crippen LogP contribution in [0.2, 0.25) is 0 Å². The van der Waals surface area contributed by atoms with Gasteiger partial charge in [-0.2, -0.15) is 0 Å². The quantitative estimate of drug-likeness (QED) is 0.417. The molecule has 0 saturated carbocycles. The molecule has 0 aliphatic heterocycles. The standard InChI is InChI=1S/C2H4O2.Al.ClH.Li.4H/c1-2(3)4;;;;;;;/h1H3,(H,3,4);;1H;;;;;. The van der Waals surface area contributed by atoms with Gasteiger partial charge in [-0.3, -0.25) is 4.79 Å². The van der Waals surface area contributed by atoms with Crippen molar-refractivity contribution in [3.63, 3.8) is 0 Å². The Morgan fingerprint density at radius 2 is 1.57 bits per heavy atom. The predicted octanol–water partition coefficient (Wildman–Crippen LogP) is -1.32. The van der Waals surface area contributed by atoms with E-state index in [1.54, 1.807) is 0 Å². The fourth-order valence-corrected chi connectivity index (χ4v) is 0. The summed E-state index contributed by atoms with van der Waals surface area (Å²) in [5.74, 6) is -0.833. The van der Waals surface area contributed by atoms with E-state index in [-0.39, 0.29) is 48.6 Å². The van der Waals surface area contributed by atoms with Gasteiger partial charge in [0.25, 0.3) is 5.97 Å². The third-order valence-electron chi connectivity index (χ3n) is 0. The summed E-state index contributed by atoms with van der Waals surface area (Å²) >= 11 is 0. The summed E-state index contributed by atoms with van der Waals surface area (Å²) in [5, 5.41) is 7.42. The van der Waals surface area contributed by atoms with Gasteiger partial charge in [-0.25, -0.2) is 0 Å². The topological polar surface area (TPSA) is 37.3 Å². The van der Waals surface area contributed by atoms with Crippen molar-refractivity contribution in [2.45, 2.75) is 6.92 Å². The average Bonchev–Trinajstić information content (AvgIpc) is 0.811. The molecule has 0 aromatic rings. The average molecular weight is 134 g/mol. The van der Waals surface area contributed by atoms with Gasteiger partial charge in [-0.15, -0.1) is 12.4 Å². The molecule has 0 spiro atoms. The van der Waals surface area contributed by atoms with E-state index in [1.807, 2.05) is 0 Å². The first-order chi connectivity index (χ1) is 1.73. The van der Waals surface area contributed by atoms with Gasteiger partial charge in [0, 0.05) is 6.92 Å². The minimum absolute atomic E-state index is 0. The molecule has 0 unspecified atom stereocenters. The SMILES string of the molecule is CC(=O)O.Cl.[AlH3].[LiH]. The molecule has 0 aromatic carbocycles. The molecule has 0 aliphatic carbocycles. The molecule has 5 heteroatoms. The molecule has 0 saturated heterocycles. The Morgan fingerprint density at radius 3 is 1.57 bits per heavy atom. The van der Waals surface area contributed by atoms with Crippen LogP contribution in [0.25, 0.3) is 0 Å². The molecule has 2 nitrogen and oxygen atoms in total. The molecule has 0 bridgehead atoms. The molecule has 0 rings (SSSR count). The van der Waals surface area contributed by atoms with Gasteiger partial charge in [-0.1, -0.05) is 0 Å². The number of carboxylic acids is 1. The van der Waals surface area contributed by atoms with E-state index in [4.69, 9.17) is 9.90 Å². The fraction of sp³-hybridized carbons (Fsp3) is 0.500. The molecule has 1 N–H and O–H groups in total. The van der Waals surface area contributed by atoms with Crippen LogP contribution < -0.4 is 0 Å². The van der Waals surface area contributed by atoms with Crippen molar-refractivity contribution in [1.82, 2.24) is 0 Å². The van der Waals surface area contributed by atoms with Crippen LogP contribution in [0, 0.1) is 0 Å². The molecule has 0 heterocycles. The van der Waals surface area contributed by atoms with Crippen molar-refractivity contribution in [2.24, 2.45) is 0 Å². The summed E-state index contributed by atoms with van der Waals surface area (Å²) in [4.78, 5) is 9.00. The van der Waals surface area contributed by atoms with Crippen molar-refractivity contribution in [3.05, 3.63) is 0 Å². The van der Waals surface area contributed by atoms with Crippen molar-refractivity contribution in [1.29, 1.82) is 0 Å². The third-order valence-corrected chi connectivity index (χ3v) is 0. The van der Waals surface area contributed by atoms with E-state index >= 15 is 0 Å². The van der Waals surface area contributed by atoms with Crippen LogP contribution in [-0.4, -0.2) is 47.3 Å². The van der Waals surface area contributed by atoms with E-state index in [0.717, 1.165) is 6.92 Å². The zero-order chi connectivity index (χ0) is 3.58. The number of hydrogen-bond acceptors (Lipinski definition) is 1. The maximum absolute atomic E-state index is 9.00. The third kappa shape index (κ3) is 208. The molecular formula is C2H9AlClLiO2. The van der Waals surface area contributed by atoms with Gasteiger partial charge in [-0.05, 0) is 0 Å². The number of aliphatic carboxylic acids is 1. The zero-order valence-electron chi connectivity index (χ0n) is 2.76. The Bertz CT molecular complexity index is 38.7. The van der Waals surface area contributed by atoms with Gasteiger partial charge >= 0.3 is 18.9 Å². The Labute approximate surface area is 71.4 Å². The maximum atomic E-state index is 9.00. The molecule has 0 radical (unpaired) electrons. The summed E-state index contributed by atoms with van der Waals surface area (Å²) in [7, 11) is 0. The van der Waals surface area contributed by atoms with E-state index in [9.17, 15) is 0 Å². The van der Waals surface area contributed by atoms with Gasteiger partial charge in [0.1, 0.15) is 0 Å². The molecule has 0 amide bonds. The van der Waals surface area contributed by atoms with Gasteiger partial charge in [0.2, 0.25) is 0 Å². The first kappa shape index (κ1) is 24.8. The number of carbonyl (C=O) groups is 1. The summed E-state index contributed by atoms with van der Waals surface area (Å²) in [6, 6.07) is 0. The molecule has 40 valence electrons. The Kier molecular flexibility index (Phi) is 55.9. The monoisotopic (exact) mass is 134 g/mol. The molecule has 0 fully saturated rings. The van der Waals surface area contributed by atoms with Crippen molar-refractivity contribution < 1.29 is 9.90 Å². The van der Waals surface area contributed by atoms with Crippen molar-refractivity contribution >= 4 is 54.6 Å². The first-order valence-electron chi connectivity index (χ1n) is 0.928. The van der Waals surface area contributed by atoms with E-state index in [2.05, 4.69) is 0 Å². The summed E-state index contributed by atoms with van der Waals surface area (Å²) < 4.78 is 0. The molecule has 0 aromatic heterocycles. The zero-order valence-corrected chi connectivity index (χ0v) is 3.58. The van der Waals surface area contributed by atoms with Crippen LogP contribution in [0.4, 0.5) is 0 Å². The first-order valence-corrected chi connectivity index (χ1v) is 0.928. The second-order valence-electron chi connectivity index (χ2n) is 0.519. The van der Waals surface area contributed by atoms with Crippen LogP contribution in [0.3, 0.4) is 0 Å². The fourth-order valence-electron chi connectivity index (χ4n) is 0. The van der Waals surface area contributed by atoms with Crippen LogP contribution >= 0.6 is 12.4 Å². The summed E-state index contributed by atoms with van der Waals surface area (Å²) in [6.45, 7) is 1.08. The molecule has 7 heavy (non-hydrogen) atoms. The normalized spacial score (nSPS) is 3.57. The molecular weight excluding hydrogens is 125 g/mol. The molecule has 0 aliphatic rings. The van der Waals surface area contributed by atoms with Crippen LogP contribution in [0.5, 0.6) is 0 Å². The summed E-state index contributed by atoms with van der Waals surface area (Å²) in [5.41, 5.74) is 0. The van der Waals surface area contributed by atoms with Crippen LogP contribution in [-0.2, 0) is 4.79 Å². The van der Waals surface area contributed by atoms with Gasteiger partial charge < -0.3 is 5.11 Å². The van der Waals surface area contributed by atoms with Crippen LogP contribution in [0.1, 0.15) is 6.92 Å². The Balaban J connectivity index is -0.0000000150. The summed E-state index contributed by atoms with van der Waals surface area (Å²) in [6.07, 6.45) is 0. The number of hydrogen-bond donors (Lipinski definition) is 1. The second kappa shape index (κ2) is 15.8. The van der Waals surface area contributed by atoms with Crippen molar-refractivity contribution in [2.75, 3.05) is 0 Å². The molecule has 0 atom stereocenters. The Morgan fingerprint density at radius 1 is 1.57 bits per heavy atom. The minimum atomic E-state index is -0.833. The van der Waals surface area contributed by atoms with Crippen LogP contribution in [0.15, 0.2) is 0 Å². The van der Waals surface area contributed by atoms with Gasteiger partial charge in [0.15, 0.2) is 17.4 Å². The van der Waals surface area contributed by atoms with E-state index in [0.29, 0.717) is 0 Å². The number of carboxylic acid groups (broad SMARTS) is 1. The van der Waals surface area contributed by atoms with Gasteiger partial charge in [0.05, 0.1) is 0 Å². The van der Waals surface area contributed by atoms with Crippen molar-refractivity contribution in [3.8, 4) is 0 Å². The van der Waals surface area contributed by atoms with E-state index < -0.39 is 5.97 Å².